The molecule has 1 heterocycles. The highest BCUT2D eigenvalue weighted by atomic mass is 16.5. The number of hydrogen-bond acceptors (Lipinski definition) is 8. The Bertz CT molecular complexity index is 1840. The molecule has 1 saturated heterocycles. The number of nitrogens with zero attached hydrogens (tertiary/aromatic N) is 2. The molecule has 0 atom stereocenters. The number of hydrogen-bond donors (Lipinski definition) is 0. The van der Waals surface area contributed by atoms with Crippen LogP contribution in [0.5, 0.6) is 23.0 Å². The number of likely N-dealkylation sites (tertiary alicyclic amines) is 1. The minimum Gasteiger partial charge on any atom is -0.493 e. The minimum atomic E-state index is 0.0464. The fourth-order valence-electron chi connectivity index (χ4n) is 7.30. The van der Waals surface area contributed by atoms with Crippen molar-refractivity contribution < 1.29 is 28.5 Å². The molecule has 0 amide bonds. The molecule has 0 unspecified atom stereocenters. The zero-order chi connectivity index (χ0) is 35.7. The van der Waals surface area contributed by atoms with Gasteiger partial charge in [0, 0.05) is 57.6 Å². The normalized spacial score (nSPS) is 14.1. The van der Waals surface area contributed by atoms with Crippen LogP contribution in [0.4, 0.5) is 0 Å². The molecule has 7 rings (SSSR count). The van der Waals surface area contributed by atoms with Crippen molar-refractivity contribution in [2.45, 2.75) is 47.0 Å². The molecule has 51 heavy (non-hydrogen) atoms. The number of fused-ring (bicyclic) bond motifs is 6. The summed E-state index contributed by atoms with van der Waals surface area (Å²) in [6.07, 6.45) is 3.51. The first-order valence-electron chi connectivity index (χ1n) is 18.6. The third-order valence-electron chi connectivity index (χ3n) is 9.82. The van der Waals surface area contributed by atoms with Crippen LogP contribution in [-0.4, -0.2) is 87.1 Å². The van der Waals surface area contributed by atoms with Crippen LogP contribution < -0.4 is 18.9 Å². The Labute approximate surface area is 302 Å². The lowest BCUT2D eigenvalue weighted by molar-refractivity contribution is 0.103. The Morgan fingerprint density at radius 3 is 1.33 bits per heavy atom. The van der Waals surface area contributed by atoms with Crippen molar-refractivity contribution in [2.24, 2.45) is 0 Å². The third-order valence-corrected chi connectivity index (χ3v) is 9.82. The number of ketones is 2. The zero-order valence-electron chi connectivity index (χ0n) is 30.5. The Hall–Kier alpha value is -4.66. The summed E-state index contributed by atoms with van der Waals surface area (Å²) in [6.45, 7) is 17.0. The van der Waals surface area contributed by atoms with Crippen molar-refractivity contribution in [1.82, 2.24) is 9.80 Å². The molecule has 2 aliphatic carbocycles. The van der Waals surface area contributed by atoms with E-state index in [1.807, 2.05) is 86.6 Å². The van der Waals surface area contributed by atoms with Crippen molar-refractivity contribution in [2.75, 3.05) is 65.7 Å². The van der Waals surface area contributed by atoms with Crippen LogP contribution in [0.2, 0.25) is 0 Å². The van der Waals surface area contributed by atoms with Gasteiger partial charge in [-0.25, -0.2) is 0 Å². The quantitative estimate of drug-likeness (QED) is 0.1000. The highest BCUT2D eigenvalue weighted by molar-refractivity contribution is 6.24. The molecule has 0 bridgehead atoms. The van der Waals surface area contributed by atoms with Crippen LogP contribution in [0, 0.1) is 0 Å². The van der Waals surface area contributed by atoms with E-state index in [-0.39, 0.29) is 11.6 Å². The molecular formula is C43H50N2O6. The SMILES string of the molecule is CCOc1cccc2c1-c1c(OCCCN(CC)CC)cccc1C2=O.CCOc1cccc2c1-c1c(OCCN3CCCC3)cccc1C2=O. The molecule has 4 aromatic carbocycles. The Morgan fingerprint density at radius 2 is 0.941 bits per heavy atom. The molecule has 8 nitrogen and oxygen atoms in total. The summed E-state index contributed by atoms with van der Waals surface area (Å²) in [7, 11) is 0. The lowest BCUT2D eigenvalue weighted by atomic mass is 10.0. The fraction of sp³-hybridized carbons (Fsp3) is 0.395. The van der Waals surface area contributed by atoms with Crippen molar-refractivity contribution in [3.05, 3.63) is 95.1 Å². The molecule has 3 aliphatic rings. The van der Waals surface area contributed by atoms with E-state index < -0.39 is 0 Å². The molecule has 4 aromatic rings. The van der Waals surface area contributed by atoms with Crippen LogP contribution in [0.3, 0.4) is 0 Å². The van der Waals surface area contributed by atoms with Crippen LogP contribution in [0.15, 0.2) is 72.8 Å². The largest absolute Gasteiger partial charge is 0.493 e. The Kier molecular flexibility index (Phi) is 12.1. The van der Waals surface area contributed by atoms with Gasteiger partial charge < -0.3 is 23.8 Å². The van der Waals surface area contributed by atoms with Crippen LogP contribution in [0.25, 0.3) is 22.3 Å². The number of carbonyl (C=O) groups is 2. The first kappa shape index (κ1) is 36.1. The van der Waals surface area contributed by atoms with Crippen molar-refractivity contribution in [3.63, 3.8) is 0 Å². The average molecular weight is 691 g/mol. The van der Waals surface area contributed by atoms with Gasteiger partial charge in [-0.1, -0.05) is 62.4 Å². The van der Waals surface area contributed by atoms with Crippen molar-refractivity contribution >= 4 is 11.6 Å². The molecule has 8 heteroatoms. The summed E-state index contributed by atoms with van der Waals surface area (Å²) in [4.78, 5) is 30.3. The molecule has 0 N–H and O–H groups in total. The summed E-state index contributed by atoms with van der Waals surface area (Å²) in [5.41, 5.74) is 6.32. The summed E-state index contributed by atoms with van der Waals surface area (Å²) < 4.78 is 23.8. The molecule has 0 saturated carbocycles. The van der Waals surface area contributed by atoms with Crippen LogP contribution in [0.1, 0.15) is 78.8 Å². The number of carbonyl (C=O) groups excluding carboxylic acids is 2. The van der Waals surface area contributed by atoms with Crippen molar-refractivity contribution in [3.8, 4) is 45.3 Å². The summed E-state index contributed by atoms with van der Waals surface area (Å²) >= 11 is 0. The lowest BCUT2D eigenvalue weighted by Gasteiger charge is -2.18. The number of benzene rings is 4. The van der Waals surface area contributed by atoms with E-state index in [0.29, 0.717) is 48.7 Å². The molecular weight excluding hydrogens is 640 g/mol. The second kappa shape index (κ2) is 17.0. The van der Waals surface area contributed by atoms with Gasteiger partial charge in [-0.3, -0.25) is 14.5 Å². The molecule has 0 radical (unpaired) electrons. The second-order valence-corrected chi connectivity index (χ2v) is 12.9. The van der Waals surface area contributed by atoms with E-state index in [9.17, 15) is 9.59 Å². The van der Waals surface area contributed by atoms with E-state index in [1.54, 1.807) is 0 Å². The number of rotatable bonds is 15. The van der Waals surface area contributed by atoms with E-state index in [1.165, 1.54) is 12.8 Å². The van der Waals surface area contributed by atoms with Gasteiger partial charge in [0.05, 0.1) is 19.8 Å². The summed E-state index contributed by atoms with van der Waals surface area (Å²) in [5, 5.41) is 0. The van der Waals surface area contributed by atoms with E-state index in [4.69, 9.17) is 18.9 Å². The van der Waals surface area contributed by atoms with E-state index in [2.05, 4.69) is 23.6 Å². The van der Waals surface area contributed by atoms with Gasteiger partial charge in [-0.15, -0.1) is 0 Å². The highest BCUT2D eigenvalue weighted by Crippen LogP contribution is 2.48. The minimum absolute atomic E-state index is 0.0464. The monoisotopic (exact) mass is 690 g/mol. The Morgan fingerprint density at radius 1 is 0.549 bits per heavy atom. The molecule has 0 spiro atoms. The van der Waals surface area contributed by atoms with Gasteiger partial charge >= 0.3 is 0 Å². The molecule has 1 aliphatic heterocycles. The molecule has 0 aromatic heterocycles. The zero-order valence-corrected chi connectivity index (χ0v) is 30.5. The maximum Gasteiger partial charge on any atom is 0.194 e. The van der Waals surface area contributed by atoms with Crippen LogP contribution >= 0.6 is 0 Å². The maximum atomic E-state index is 12.8. The van der Waals surface area contributed by atoms with Gasteiger partial charge in [0.15, 0.2) is 11.6 Å². The van der Waals surface area contributed by atoms with Crippen LogP contribution in [-0.2, 0) is 0 Å². The lowest BCUT2D eigenvalue weighted by Crippen LogP contribution is -2.25. The highest BCUT2D eigenvalue weighted by Gasteiger charge is 2.33. The second-order valence-electron chi connectivity index (χ2n) is 12.9. The topological polar surface area (TPSA) is 77.5 Å². The van der Waals surface area contributed by atoms with E-state index in [0.717, 1.165) is 90.9 Å². The first-order valence-corrected chi connectivity index (χ1v) is 18.6. The predicted molar refractivity (Wildman–Crippen MR) is 202 cm³/mol. The fourth-order valence-corrected chi connectivity index (χ4v) is 7.30. The molecule has 1 fully saturated rings. The standard InChI is InChI=1S/C22H27NO3.C21H23NO3/c1-4-23(5-2)14-9-15-26-19-13-8-11-17-21(19)20-16(22(17)24)10-7-12-18(20)25-6-3;1-2-24-17-9-5-7-15-19(17)20-16(21(15)23)8-6-10-18(20)25-14-13-22-11-3-4-12-22/h7-8,10-13H,4-6,9,14-15H2,1-3H3;5-10H,2-4,11-14H2,1H3. The summed E-state index contributed by atoms with van der Waals surface area (Å²) in [5.74, 6) is 3.14. The van der Waals surface area contributed by atoms with Gasteiger partial charge in [-0.2, -0.15) is 0 Å². The smallest absolute Gasteiger partial charge is 0.194 e. The first-order chi connectivity index (χ1) is 25.0. The van der Waals surface area contributed by atoms with Gasteiger partial charge in [0.25, 0.3) is 0 Å². The Balaban J connectivity index is 0.000000176. The number of ether oxygens (including phenoxy) is 4. The van der Waals surface area contributed by atoms with Gasteiger partial charge in [0.1, 0.15) is 29.6 Å². The average Bonchev–Trinajstić information content (AvgIpc) is 3.86. The maximum absolute atomic E-state index is 12.8. The van der Waals surface area contributed by atoms with Gasteiger partial charge in [0.2, 0.25) is 0 Å². The van der Waals surface area contributed by atoms with Gasteiger partial charge in [-0.05, 0) is 83.6 Å². The molecule has 268 valence electrons. The predicted octanol–water partition coefficient (Wildman–Crippen LogP) is 8.18. The summed E-state index contributed by atoms with van der Waals surface area (Å²) in [6, 6.07) is 22.8. The van der Waals surface area contributed by atoms with E-state index >= 15 is 0 Å². The van der Waals surface area contributed by atoms with Crippen molar-refractivity contribution in [1.29, 1.82) is 0 Å². The third kappa shape index (κ3) is 7.67.